The lowest BCUT2D eigenvalue weighted by Gasteiger charge is -2.23. The molecule has 6 nitrogen and oxygen atoms in total. The number of fused-ring (bicyclic) bond motifs is 1. The average molecular weight is 330 g/mol. The molecule has 0 saturated carbocycles. The summed E-state index contributed by atoms with van der Waals surface area (Å²) in [5.74, 6) is -0.214. The molecule has 130 valence electrons. The Balaban J connectivity index is 2.51. The van der Waals surface area contributed by atoms with E-state index in [9.17, 15) is 9.59 Å². The zero-order valence-electron chi connectivity index (χ0n) is 15.2. The second-order valence-corrected chi connectivity index (χ2v) is 6.17. The molecule has 2 aromatic heterocycles. The first-order valence-corrected chi connectivity index (χ1v) is 8.33. The smallest absolute Gasteiger partial charge is 0.259 e. The van der Waals surface area contributed by atoms with Gasteiger partial charge in [0.15, 0.2) is 0 Å². The van der Waals surface area contributed by atoms with Gasteiger partial charge in [0.1, 0.15) is 11.2 Å². The minimum Gasteiger partial charge on any atom is -0.337 e. The minimum absolute atomic E-state index is 0.214. The van der Waals surface area contributed by atoms with Gasteiger partial charge in [-0.2, -0.15) is 0 Å². The Bertz CT molecular complexity index is 795. The maximum absolute atomic E-state index is 12.9. The minimum atomic E-state index is -0.240. The van der Waals surface area contributed by atoms with Crippen LogP contribution in [0.15, 0.2) is 23.1 Å². The number of amides is 1. The molecule has 0 unspecified atom stereocenters. The first-order valence-electron chi connectivity index (χ1n) is 8.33. The molecule has 6 heteroatoms. The van der Waals surface area contributed by atoms with Crippen molar-refractivity contribution >= 4 is 16.9 Å². The van der Waals surface area contributed by atoms with Crippen molar-refractivity contribution in [3.8, 4) is 0 Å². The Kier molecular flexibility index (Phi) is 5.72. The molecule has 0 atom stereocenters. The third-order valence-corrected chi connectivity index (χ3v) is 4.12. The number of hydrogen-bond donors (Lipinski definition) is 0. The van der Waals surface area contributed by atoms with E-state index in [-0.39, 0.29) is 16.9 Å². The Morgan fingerprint density at radius 2 is 1.92 bits per heavy atom. The van der Waals surface area contributed by atoms with Crippen molar-refractivity contribution in [3.05, 3.63) is 39.8 Å². The Morgan fingerprint density at radius 1 is 1.21 bits per heavy atom. The molecule has 0 aromatic carbocycles. The van der Waals surface area contributed by atoms with Crippen molar-refractivity contribution in [1.29, 1.82) is 0 Å². The SMILES string of the molecule is CCN(CCN(C)C)C(=O)c1cn(CC)c2nc(C)ccc2c1=O. The van der Waals surface area contributed by atoms with Gasteiger partial charge in [-0.05, 0) is 47.0 Å². The van der Waals surface area contributed by atoms with Crippen molar-refractivity contribution in [1.82, 2.24) is 19.4 Å². The number of likely N-dealkylation sites (N-methyl/N-ethyl adjacent to an activating group) is 2. The first kappa shape index (κ1) is 18.1. The number of aryl methyl sites for hydroxylation is 2. The predicted molar refractivity (Wildman–Crippen MR) is 96.5 cm³/mol. The van der Waals surface area contributed by atoms with Crippen molar-refractivity contribution in [2.24, 2.45) is 0 Å². The van der Waals surface area contributed by atoms with Crippen LogP contribution in [0, 0.1) is 6.92 Å². The number of nitrogens with zero attached hydrogens (tertiary/aromatic N) is 4. The van der Waals surface area contributed by atoms with Crippen LogP contribution in [0.25, 0.3) is 11.0 Å². The van der Waals surface area contributed by atoms with Gasteiger partial charge >= 0.3 is 0 Å². The molecule has 0 aliphatic rings. The quantitative estimate of drug-likeness (QED) is 0.810. The number of rotatable bonds is 6. The van der Waals surface area contributed by atoms with E-state index in [2.05, 4.69) is 4.98 Å². The highest BCUT2D eigenvalue weighted by Crippen LogP contribution is 2.12. The summed E-state index contributed by atoms with van der Waals surface area (Å²) >= 11 is 0. The molecule has 0 aliphatic carbocycles. The molecule has 0 bridgehead atoms. The summed E-state index contributed by atoms with van der Waals surface area (Å²) in [6, 6.07) is 3.57. The molecule has 1 amide bonds. The van der Waals surface area contributed by atoms with Crippen LogP contribution in [-0.2, 0) is 6.54 Å². The standard InChI is InChI=1S/C18H26N4O2/c1-6-21(11-10-20(4)5)18(24)15-12-22(7-2)17-14(16(15)23)9-8-13(3)19-17/h8-9,12H,6-7,10-11H2,1-5H3. The third kappa shape index (κ3) is 3.64. The molecule has 2 heterocycles. The number of carbonyl (C=O) groups is 1. The molecule has 0 saturated heterocycles. The molecule has 0 N–H and O–H groups in total. The maximum Gasteiger partial charge on any atom is 0.259 e. The van der Waals surface area contributed by atoms with Crippen LogP contribution < -0.4 is 5.43 Å². The summed E-state index contributed by atoms with van der Waals surface area (Å²) in [5.41, 5.74) is 1.46. The zero-order chi connectivity index (χ0) is 17.9. The van der Waals surface area contributed by atoms with E-state index < -0.39 is 0 Å². The Labute approximate surface area is 142 Å². The topological polar surface area (TPSA) is 58.4 Å². The van der Waals surface area contributed by atoms with E-state index in [0.29, 0.717) is 30.7 Å². The van der Waals surface area contributed by atoms with Gasteiger partial charge in [0.05, 0.1) is 5.39 Å². The fourth-order valence-corrected chi connectivity index (χ4v) is 2.65. The van der Waals surface area contributed by atoms with Crippen LogP contribution in [0.5, 0.6) is 0 Å². The van der Waals surface area contributed by atoms with E-state index in [1.807, 2.05) is 50.4 Å². The lowest BCUT2D eigenvalue weighted by atomic mass is 10.1. The molecular formula is C18H26N4O2. The highest BCUT2D eigenvalue weighted by molar-refractivity contribution is 5.96. The summed E-state index contributed by atoms with van der Waals surface area (Å²) in [4.78, 5) is 33.9. The lowest BCUT2D eigenvalue weighted by Crippen LogP contribution is -2.39. The van der Waals surface area contributed by atoms with Gasteiger partial charge in [-0.3, -0.25) is 9.59 Å². The van der Waals surface area contributed by atoms with Crippen molar-refractivity contribution < 1.29 is 4.79 Å². The van der Waals surface area contributed by atoms with E-state index in [4.69, 9.17) is 0 Å². The highest BCUT2D eigenvalue weighted by Gasteiger charge is 2.20. The van der Waals surface area contributed by atoms with E-state index in [0.717, 1.165) is 12.2 Å². The van der Waals surface area contributed by atoms with Gasteiger partial charge in [0.25, 0.3) is 5.91 Å². The van der Waals surface area contributed by atoms with E-state index in [1.165, 1.54) is 0 Å². The molecule has 0 spiro atoms. The predicted octanol–water partition coefficient (Wildman–Crippen LogP) is 1.75. The van der Waals surface area contributed by atoms with Crippen LogP contribution in [0.4, 0.5) is 0 Å². The summed E-state index contributed by atoms with van der Waals surface area (Å²) < 4.78 is 1.87. The molecule has 0 aliphatic heterocycles. The normalized spacial score (nSPS) is 11.2. The van der Waals surface area contributed by atoms with Crippen LogP contribution in [-0.4, -0.2) is 59.0 Å². The number of hydrogen-bond acceptors (Lipinski definition) is 4. The Morgan fingerprint density at radius 3 is 2.50 bits per heavy atom. The second-order valence-electron chi connectivity index (χ2n) is 6.17. The summed E-state index contributed by atoms with van der Waals surface area (Å²) in [5, 5.41) is 0.497. The first-order chi connectivity index (χ1) is 11.4. The molecule has 24 heavy (non-hydrogen) atoms. The summed E-state index contributed by atoms with van der Waals surface area (Å²) in [6.07, 6.45) is 1.65. The summed E-state index contributed by atoms with van der Waals surface area (Å²) in [6.45, 7) is 8.38. The largest absolute Gasteiger partial charge is 0.337 e. The third-order valence-electron chi connectivity index (χ3n) is 4.12. The lowest BCUT2D eigenvalue weighted by molar-refractivity contribution is 0.0752. The van der Waals surface area contributed by atoms with Crippen LogP contribution in [0.3, 0.4) is 0 Å². The van der Waals surface area contributed by atoms with Crippen molar-refractivity contribution in [3.63, 3.8) is 0 Å². The van der Waals surface area contributed by atoms with Crippen molar-refractivity contribution in [2.45, 2.75) is 27.3 Å². The number of carbonyl (C=O) groups excluding carboxylic acids is 1. The van der Waals surface area contributed by atoms with Gasteiger partial charge in [0, 0.05) is 38.1 Å². The van der Waals surface area contributed by atoms with E-state index >= 15 is 0 Å². The molecule has 2 aromatic rings. The zero-order valence-corrected chi connectivity index (χ0v) is 15.2. The summed E-state index contributed by atoms with van der Waals surface area (Å²) in [7, 11) is 3.93. The second kappa shape index (κ2) is 7.57. The van der Waals surface area contributed by atoms with Crippen molar-refractivity contribution in [2.75, 3.05) is 33.7 Å². The van der Waals surface area contributed by atoms with Gasteiger partial charge in [-0.15, -0.1) is 0 Å². The molecule has 0 radical (unpaired) electrons. The highest BCUT2D eigenvalue weighted by atomic mass is 16.2. The molecular weight excluding hydrogens is 304 g/mol. The van der Waals surface area contributed by atoms with Gasteiger partial charge < -0.3 is 14.4 Å². The monoisotopic (exact) mass is 330 g/mol. The molecule has 0 fully saturated rings. The van der Waals surface area contributed by atoms with Crippen LogP contribution in [0.2, 0.25) is 0 Å². The fraction of sp³-hybridized carbons (Fsp3) is 0.500. The number of aromatic nitrogens is 2. The van der Waals surface area contributed by atoms with Gasteiger partial charge in [0.2, 0.25) is 5.43 Å². The fourth-order valence-electron chi connectivity index (χ4n) is 2.65. The maximum atomic E-state index is 12.9. The number of pyridine rings is 2. The average Bonchev–Trinajstić information content (AvgIpc) is 2.55. The van der Waals surface area contributed by atoms with Crippen LogP contribution in [0.1, 0.15) is 29.9 Å². The van der Waals surface area contributed by atoms with Gasteiger partial charge in [-0.25, -0.2) is 4.98 Å². The van der Waals surface area contributed by atoms with E-state index in [1.54, 1.807) is 17.2 Å². The van der Waals surface area contributed by atoms with Crippen LogP contribution >= 0.6 is 0 Å². The molecule has 2 rings (SSSR count). The Hall–Kier alpha value is -2.21. The van der Waals surface area contributed by atoms with Gasteiger partial charge in [-0.1, -0.05) is 0 Å².